The molecule has 0 amide bonds. The van der Waals surface area contributed by atoms with E-state index in [4.69, 9.17) is 0 Å². The Labute approximate surface area is 114 Å². The Bertz CT molecular complexity index is 463. The summed E-state index contributed by atoms with van der Waals surface area (Å²) in [5.74, 6) is -1.98. The van der Waals surface area contributed by atoms with Crippen molar-refractivity contribution in [1.82, 2.24) is 0 Å². The van der Waals surface area contributed by atoms with E-state index < -0.39 is 18.8 Å². The lowest BCUT2D eigenvalue weighted by molar-refractivity contribution is 0.228. The minimum Gasteiger partial charge on any atom is -0.386 e. The Morgan fingerprint density at radius 1 is 1.11 bits per heavy atom. The first-order valence-corrected chi connectivity index (χ1v) is 8.32. The SMILES string of the molecule is CC(O)P(=O)(C/C=C/C=C/c1ccccc1)C(C)O. The van der Waals surface area contributed by atoms with Crippen LogP contribution in [0, 0.1) is 0 Å². The number of benzene rings is 1. The van der Waals surface area contributed by atoms with Crippen molar-refractivity contribution in [1.29, 1.82) is 0 Å². The second-order valence-electron chi connectivity index (χ2n) is 4.50. The predicted octanol–water partition coefficient (Wildman–Crippen LogP) is 3.30. The average molecular weight is 280 g/mol. The van der Waals surface area contributed by atoms with Crippen molar-refractivity contribution in [3.8, 4) is 0 Å². The maximum Gasteiger partial charge on any atom is 0.145 e. The van der Waals surface area contributed by atoms with Crippen molar-refractivity contribution in [2.24, 2.45) is 0 Å². The molecule has 1 aromatic rings. The number of aliphatic hydroxyl groups excluding tert-OH is 2. The average Bonchev–Trinajstić information content (AvgIpc) is 2.38. The van der Waals surface area contributed by atoms with Gasteiger partial charge in [0.25, 0.3) is 0 Å². The summed E-state index contributed by atoms with van der Waals surface area (Å²) in [6.07, 6.45) is 7.49. The minimum atomic E-state index is -2.98. The highest BCUT2D eigenvalue weighted by Gasteiger charge is 2.31. The van der Waals surface area contributed by atoms with Gasteiger partial charge in [-0.25, -0.2) is 0 Å². The monoisotopic (exact) mass is 280 g/mol. The van der Waals surface area contributed by atoms with E-state index in [0.29, 0.717) is 0 Å². The van der Waals surface area contributed by atoms with Crippen LogP contribution in [0.1, 0.15) is 19.4 Å². The highest BCUT2D eigenvalue weighted by molar-refractivity contribution is 7.65. The maximum absolute atomic E-state index is 12.3. The van der Waals surface area contributed by atoms with Crippen LogP contribution in [0.25, 0.3) is 6.08 Å². The number of allylic oxidation sites excluding steroid dienone is 3. The highest BCUT2D eigenvalue weighted by atomic mass is 31.2. The quantitative estimate of drug-likeness (QED) is 0.621. The molecular formula is C15H21O3P. The number of aliphatic hydroxyl groups is 2. The summed E-state index contributed by atoms with van der Waals surface area (Å²) < 4.78 is 12.3. The zero-order valence-corrected chi connectivity index (χ0v) is 12.2. The molecule has 0 aromatic heterocycles. The van der Waals surface area contributed by atoms with E-state index in [1.54, 1.807) is 12.2 Å². The van der Waals surface area contributed by atoms with Crippen molar-refractivity contribution in [2.45, 2.75) is 25.5 Å². The molecule has 3 nitrogen and oxygen atoms in total. The van der Waals surface area contributed by atoms with E-state index in [9.17, 15) is 14.8 Å². The summed E-state index contributed by atoms with van der Waals surface area (Å²) in [5, 5.41) is 19.0. The van der Waals surface area contributed by atoms with Crippen molar-refractivity contribution in [3.63, 3.8) is 0 Å². The molecule has 4 heteroatoms. The van der Waals surface area contributed by atoms with Crippen LogP contribution in [-0.4, -0.2) is 28.1 Å². The molecule has 1 rings (SSSR count). The number of hydrogen-bond donors (Lipinski definition) is 2. The normalized spacial score (nSPS) is 18.5. The van der Waals surface area contributed by atoms with E-state index in [2.05, 4.69) is 0 Å². The van der Waals surface area contributed by atoms with E-state index in [-0.39, 0.29) is 6.16 Å². The first-order valence-electron chi connectivity index (χ1n) is 6.29. The van der Waals surface area contributed by atoms with Crippen LogP contribution in [0.5, 0.6) is 0 Å². The summed E-state index contributed by atoms with van der Waals surface area (Å²) in [6.45, 7) is 2.92. The summed E-state index contributed by atoms with van der Waals surface area (Å²) in [7, 11) is -2.98. The van der Waals surface area contributed by atoms with Crippen LogP contribution in [0.4, 0.5) is 0 Å². The third kappa shape index (κ3) is 4.79. The second-order valence-corrected chi connectivity index (χ2v) is 8.07. The highest BCUT2D eigenvalue weighted by Crippen LogP contribution is 2.53. The second kappa shape index (κ2) is 7.44. The van der Waals surface area contributed by atoms with Gasteiger partial charge >= 0.3 is 0 Å². The fourth-order valence-electron chi connectivity index (χ4n) is 1.65. The van der Waals surface area contributed by atoms with Gasteiger partial charge in [0.1, 0.15) is 18.8 Å². The third-order valence-corrected chi connectivity index (χ3v) is 6.30. The van der Waals surface area contributed by atoms with Gasteiger partial charge < -0.3 is 14.8 Å². The molecule has 0 fully saturated rings. The van der Waals surface area contributed by atoms with Crippen LogP contribution >= 0.6 is 7.14 Å². The van der Waals surface area contributed by atoms with E-state index in [1.165, 1.54) is 13.8 Å². The molecular weight excluding hydrogens is 259 g/mol. The van der Waals surface area contributed by atoms with Crippen molar-refractivity contribution in [2.75, 3.05) is 6.16 Å². The summed E-state index contributed by atoms with van der Waals surface area (Å²) in [6, 6.07) is 9.84. The van der Waals surface area contributed by atoms with Gasteiger partial charge in [-0.2, -0.15) is 0 Å². The van der Waals surface area contributed by atoms with Gasteiger partial charge in [0, 0.05) is 6.16 Å². The molecule has 0 aliphatic rings. The molecule has 0 aliphatic heterocycles. The van der Waals surface area contributed by atoms with Gasteiger partial charge in [-0.3, -0.25) is 0 Å². The molecule has 1 aromatic carbocycles. The van der Waals surface area contributed by atoms with Crippen LogP contribution < -0.4 is 0 Å². The molecule has 0 spiro atoms. The Morgan fingerprint density at radius 2 is 1.68 bits per heavy atom. The molecule has 2 unspecified atom stereocenters. The van der Waals surface area contributed by atoms with Gasteiger partial charge in [-0.15, -0.1) is 0 Å². The molecule has 2 atom stereocenters. The van der Waals surface area contributed by atoms with Crippen LogP contribution in [0.3, 0.4) is 0 Å². The van der Waals surface area contributed by atoms with E-state index >= 15 is 0 Å². The van der Waals surface area contributed by atoms with Gasteiger partial charge in [0.15, 0.2) is 0 Å². The summed E-state index contributed by atoms with van der Waals surface area (Å²) >= 11 is 0. The van der Waals surface area contributed by atoms with Crippen molar-refractivity contribution >= 4 is 13.2 Å². The summed E-state index contributed by atoms with van der Waals surface area (Å²) in [4.78, 5) is 0. The third-order valence-electron chi connectivity index (χ3n) is 2.99. The largest absolute Gasteiger partial charge is 0.386 e. The number of rotatable bonds is 6. The maximum atomic E-state index is 12.3. The molecule has 0 aliphatic carbocycles. The van der Waals surface area contributed by atoms with Crippen LogP contribution in [0.15, 0.2) is 48.6 Å². The molecule has 2 N–H and O–H groups in total. The molecule has 0 heterocycles. The Hall–Kier alpha value is -1.15. The molecule has 0 saturated heterocycles. The zero-order chi connectivity index (χ0) is 14.3. The Kier molecular flexibility index (Phi) is 6.23. The first-order chi connectivity index (χ1) is 8.97. The smallest absolute Gasteiger partial charge is 0.145 e. The summed E-state index contributed by atoms with van der Waals surface area (Å²) in [5.41, 5.74) is 1.08. The van der Waals surface area contributed by atoms with Gasteiger partial charge in [-0.05, 0) is 19.4 Å². The zero-order valence-electron chi connectivity index (χ0n) is 11.3. The predicted molar refractivity (Wildman–Crippen MR) is 80.5 cm³/mol. The van der Waals surface area contributed by atoms with Crippen molar-refractivity contribution < 1.29 is 14.8 Å². The van der Waals surface area contributed by atoms with E-state index in [0.717, 1.165) is 5.56 Å². The lowest BCUT2D eigenvalue weighted by atomic mass is 10.2. The molecule has 104 valence electrons. The minimum absolute atomic E-state index is 0.196. The lowest BCUT2D eigenvalue weighted by Crippen LogP contribution is -2.14. The fourth-order valence-corrected chi connectivity index (χ4v) is 3.34. The van der Waals surface area contributed by atoms with E-state index in [1.807, 2.05) is 42.5 Å². The Balaban J connectivity index is 2.59. The fraction of sp³-hybridized carbons (Fsp3) is 0.333. The number of hydrogen-bond acceptors (Lipinski definition) is 3. The van der Waals surface area contributed by atoms with Gasteiger partial charge in [0.05, 0.1) is 0 Å². The standard InChI is InChI=1S/C15H21O3P/c1-13(16)19(18,14(2)17)12-8-4-7-11-15-9-5-3-6-10-15/h3-11,13-14,16-17H,12H2,1-2H3/b8-4+,11-7+. The van der Waals surface area contributed by atoms with Gasteiger partial charge in [0.2, 0.25) is 0 Å². The topological polar surface area (TPSA) is 57.5 Å². The van der Waals surface area contributed by atoms with Crippen molar-refractivity contribution in [3.05, 3.63) is 54.1 Å². The lowest BCUT2D eigenvalue weighted by Gasteiger charge is -2.22. The van der Waals surface area contributed by atoms with Gasteiger partial charge in [-0.1, -0.05) is 54.6 Å². The molecule has 0 bridgehead atoms. The first kappa shape index (κ1) is 15.9. The molecule has 0 saturated carbocycles. The molecule has 19 heavy (non-hydrogen) atoms. The molecule has 0 radical (unpaired) electrons. The van der Waals surface area contributed by atoms with Crippen LogP contribution in [-0.2, 0) is 4.57 Å². The van der Waals surface area contributed by atoms with Crippen LogP contribution in [0.2, 0.25) is 0 Å². The Morgan fingerprint density at radius 3 is 2.21 bits per heavy atom.